The summed E-state index contributed by atoms with van der Waals surface area (Å²) >= 11 is 1.94. The van der Waals surface area contributed by atoms with Crippen LogP contribution in [0.1, 0.15) is 34.8 Å². The van der Waals surface area contributed by atoms with Crippen molar-refractivity contribution in [2.45, 2.75) is 23.8 Å². The molecule has 2 fully saturated rings. The number of sulfonamides is 1. The van der Waals surface area contributed by atoms with Gasteiger partial charge in [-0.2, -0.15) is 16.1 Å². The zero-order valence-corrected chi connectivity index (χ0v) is 18.5. The molecule has 0 bridgehead atoms. The largest absolute Gasteiger partial charge is 0.472 e. The summed E-state index contributed by atoms with van der Waals surface area (Å²) < 4.78 is 32.1. The van der Waals surface area contributed by atoms with Crippen LogP contribution < -0.4 is 5.32 Å². The third-order valence-corrected chi connectivity index (χ3v) is 8.55. The van der Waals surface area contributed by atoms with E-state index < -0.39 is 10.0 Å². The Morgan fingerprint density at radius 2 is 1.77 bits per heavy atom. The molecule has 0 radical (unpaired) electrons. The van der Waals surface area contributed by atoms with Crippen LogP contribution in [0.3, 0.4) is 0 Å². The Hall–Kier alpha value is -1.81. The molecule has 1 amide bonds. The van der Waals surface area contributed by atoms with Crippen LogP contribution in [0.15, 0.2) is 52.2 Å². The maximum Gasteiger partial charge on any atom is 0.251 e. The summed E-state index contributed by atoms with van der Waals surface area (Å²) in [6.07, 6.45) is 5.18. The lowest BCUT2D eigenvalue weighted by Gasteiger charge is -2.34. The average Bonchev–Trinajstić information content (AvgIpc) is 3.49. The van der Waals surface area contributed by atoms with Crippen molar-refractivity contribution in [2.24, 2.45) is 0 Å². The van der Waals surface area contributed by atoms with Gasteiger partial charge in [0.25, 0.3) is 5.91 Å². The van der Waals surface area contributed by atoms with Gasteiger partial charge in [-0.05, 0) is 43.2 Å². The van der Waals surface area contributed by atoms with Crippen LogP contribution in [0.25, 0.3) is 0 Å². The fraction of sp³-hybridized carbons (Fsp3) is 0.476. The maximum absolute atomic E-state index is 12.7. The second kappa shape index (κ2) is 9.55. The monoisotopic (exact) mass is 449 g/mol. The summed E-state index contributed by atoms with van der Waals surface area (Å²) in [7, 11) is -3.47. The Morgan fingerprint density at radius 3 is 2.40 bits per heavy atom. The number of rotatable bonds is 7. The Kier molecular flexibility index (Phi) is 6.82. The number of nitrogens with one attached hydrogen (secondary N) is 1. The van der Waals surface area contributed by atoms with Crippen molar-refractivity contribution < 1.29 is 17.6 Å². The number of carbonyl (C=O) groups excluding carboxylic acids is 1. The first-order valence-electron chi connectivity index (χ1n) is 10.3. The summed E-state index contributed by atoms with van der Waals surface area (Å²) in [5.41, 5.74) is 1.50. The molecule has 1 aromatic heterocycles. The van der Waals surface area contributed by atoms with E-state index in [1.54, 1.807) is 24.7 Å². The Balaban J connectivity index is 1.41. The number of carbonyl (C=O) groups is 1. The van der Waals surface area contributed by atoms with Crippen LogP contribution in [-0.4, -0.2) is 67.8 Å². The normalized spacial score (nSPS) is 19.6. The molecule has 7 nitrogen and oxygen atoms in total. The Bertz CT molecular complexity index is 933. The topological polar surface area (TPSA) is 82.9 Å². The highest BCUT2D eigenvalue weighted by Gasteiger charge is 2.27. The first-order chi connectivity index (χ1) is 14.6. The summed E-state index contributed by atoms with van der Waals surface area (Å²) in [6, 6.07) is 8.22. The molecule has 1 N–H and O–H groups in total. The SMILES string of the molecule is O=C(NC[C@@H](c1ccoc1)N1CCSCC1)c1ccc(S(=O)(=O)N2CCCC2)cc1. The minimum absolute atomic E-state index is 0.0587. The van der Waals surface area contributed by atoms with Gasteiger partial charge in [0.1, 0.15) is 0 Å². The maximum atomic E-state index is 12.7. The van der Waals surface area contributed by atoms with E-state index in [4.69, 9.17) is 4.42 Å². The summed E-state index contributed by atoms with van der Waals surface area (Å²) in [6.45, 7) is 3.54. The molecular formula is C21H27N3O4S2. The van der Waals surface area contributed by atoms with Gasteiger partial charge in [0.15, 0.2) is 0 Å². The van der Waals surface area contributed by atoms with Crippen molar-refractivity contribution in [3.63, 3.8) is 0 Å². The Labute approximate surface area is 181 Å². The van der Waals surface area contributed by atoms with E-state index in [0.29, 0.717) is 25.2 Å². The second-order valence-corrected chi connectivity index (χ2v) is 10.7. The lowest BCUT2D eigenvalue weighted by atomic mass is 10.1. The van der Waals surface area contributed by atoms with Crippen LogP contribution in [0, 0.1) is 0 Å². The lowest BCUT2D eigenvalue weighted by molar-refractivity contribution is 0.0934. The van der Waals surface area contributed by atoms with Crippen molar-refractivity contribution in [3.8, 4) is 0 Å². The van der Waals surface area contributed by atoms with Crippen LogP contribution in [0.2, 0.25) is 0 Å². The third-order valence-electron chi connectivity index (χ3n) is 5.69. The minimum atomic E-state index is -3.47. The third kappa shape index (κ3) is 4.74. The first kappa shape index (κ1) is 21.4. The van der Waals surface area contributed by atoms with Gasteiger partial charge >= 0.3 is 0 Å². The van der Waals surface area contributed by atoms with Crippen molar-refractivity contribution >= 4 is 27.7 Å². The predicted molar refractivity (Wildman–Crippen MR) is 117 cm³/mol. The molecule has 2 saturated heterocycles. The fourth-order valence-corrected chi connectivity index (χ4v) is 6.41. The molecule has 2 aliphatic heterocycles. The Morgan fingerprint density at radius 1 is 1.07 bits per heavy atom. The van der Waals surface area contributed by atoms with Gasteiger partial charge in [-0.25, -0.2) is 8.42 Å². The molecule has 30 heavy (non-hydrogen) atoms. The molecule has 2 aromatic rings. The molecule has 162 valence electrons. The highest BCUT2D eigenvalue weighted by Crippen LogP contribution is 2.25. The number of nitrogens with zero attached hydrogens (tertiary/aromatic N) is 2. The van der Waals surface area contributed by atoms with Crippen molar-refractivity contribution in [2.75, 3.05) is 44.2 Å². The molecule has 4 rings (SSSR count). The average molecular weight is 450 g/mol. The zero-order chi connectivity index (χ0) is 21.0. The zero-order valence-electron chi connectivity index (χ0n) is 16.8. The lowest BCUT2D eigenvalue weighted by Crippen LogP contribution is -2.41. The van der Waals surface area contributed by atoms with Gasteiger partial charge in [0, 0.05) is 55.4 Å². The van der Waals surface area contributed by atoms with Crippen molar-refractivity contribution in [1.82, 2.24) is 14.5 Å². The smallest absolute Gasteiger partial charge is 0.251 e. The number of benzene rings is 1. The van der Waals surface area contributed by atoms with E-state index >= 15 is 0 Å². The molecule has 0 unspecified atom stereocenters. The van der Waals surface area contributed by atoms with Gasteiger partial charge < -0.3 is 9.73 Å². The highest BCUT2D eigenvalue weighted by molar-refractivity contribution is 7.99. The van der Waals surface area contributed by atoms with E-state index in [2.05, 4.69) is 10.2 Å². The number of amides is 1. The second-order valence-electron chi connectivity index (χ2n) is 7.57. The number of thioether (sulfide) groups is 1. The molecule has 2 aliphatic rings. The van der Waals surface area contributed by atoms with Crippen LogP contribution in [-0.2, 0) is 10.0 Å². The van der Waals surface area contributed by atoms with E-state index in [1.807, 2.05) is 17.8 Å². The van der Waals surface area contributed by atoms with Gasteiger partial charge in [-0.1, -0.05) is 0 Å². The van der Waals surface area contributed by atoms with Gasteiger partial charge in [0.05, 0.1) is 23.5 Å². The van der Waals surface area contributed by atoms with E-state index in [9.17, 15) is 13.2 Å². The quantitative estimate of drug-likeness (QED) is 0.700. The predicted octanol–water partition coefficient (Wildman–Crippen LogP) is 2.58. The number of furan rings is 1. The molecule has 0 aliphatic carbocycles. The van der Waals surface area contributed by atoms with Gasteiger partial charge in [-0.3, -0.25) is 9.69 Å². The summed E-state index contributed by atoms with van der Waals surface area (Å²) in [4.78, 5) is 15.3. The standard InChI is InChI=1S/C21H27N3O4S2/c25-21(17-3-5-19(6-4-17)30(26,27)24-8-1-2-9-24)22-15-20(18-7-12-28-16-18)23-10-13-29-14-11-23/h3-7,12,16,20H,1-2,8-11,13-15H2,(H,22,25)/t20-/m0/s1. The van der Waals surface area contributed by atoms with E-state index in [1.165, 1.54) is 16.4 Å². The van der Waals surface area contributed by atoms with E-state index in [-0.39, 0.29) is 16.8 Å². The molecule has 0 saturated carbocycles. The first-order valence-corrected chi connectivity index (χ1v) is 12.9. The van der Waals surface area contributed by atoms with E-state index in [0.717, 1.165) is 43.0 Å². The molecule has 0 spiro atoms. The van der Waals surface area contributed by atoms with Gasteiger partial charge in [-0.15, -0.1) is 0 Å². The van der Waals surface area contributed by atoms with Crippen LogP contribution in [0.5, 0.6) is 0 Å². The molecule has 1 aromatic carbocycles. The van der Waals surface area contributed by atoms with Crippen LogP contribution >= 0.6 is 11.8 Å². The van der Waals surface area contributed by atoms with Gasteiger partial charge in [0.2, 0.25) is 10.0 Å². The fourth-order valence-electron chi connectivity index (χ4n) is 3.96. The summed E-state index contributed by atoms with van der Waals surface area (Å²) in [5.74, 6) is 1.95. The molecule has 3 heterocycles. The highest BCUT2D eigenvalue weighted by atomic mass is 32.2. The van der Waals surface area contributed by atoms with Crippen LogP contribution in [0.4, 0.5) is 0 Å². The summed E-state index contributed by atoms with van der Waals surface area (Å²) in [5, 5.41) is 3.01. The van der Waals surface area contributed by atoms with Crippen molar-refractivity contribution in [1.29, 1.82) is 0 Å². The number of hydrogen-bond acceptors (Lipinski definition) is 6. The van der Waals surface area contributed by atoms with Crippen molar-refractivity contribution in [3.05, 3.63) is 54.0 Å². The molecule has 1 atom stereocenters. The molecular weight excluding hydrogens is 422 g/mol. The molecule has 9 heteroatoms. The minimum Gasteiger partial charge on any atom is -0.472 e. The number of hydrogen-bond donors (Lipinski definition) is 1.